The topological polar surface area (TPSA) is 75.1 Å². The third-order valence-electron chi connectivity index (χ3n) is 3.92. The molecule has 7 heteroatoms. The van der Waals surface area contributed by atoms with Gasteiger partial charge in [0.15, 0.2) is 0 Å². The summed E-state index contributed by atoms with van der Waals surface area (Å²) in [5.41, 5.74) is -1.48. The molecule has 0 bridgehead atoms. The molecule has 0 aromatic carbocycles. The molecule has 0 unspecified atom stereocenters. The average Bonchev–Trinajstić information content (AvgIpc) is 2.42. The molecule has 6 nitrogen and oxygen atoms in total. The highest BCUT2D eigenvalue weighted by Crippen LogP contribution is 2.25. The number of aromatic nitrogens is 1. The van der Waals surface area contributed by atoms with Gasteiger partial charge in [0.25, 0.3) is 0 Å². The second kappa shape index (κ2) is 8.10. The molecule has 0 amide bonds. The molecule has 2 N–H and O–H groups in total. The number of hydrogen-bond acceptors (Lipinski definition) is 6. The second-order valence-corrected chi connectivity index (χ2v) is 6.97. The van der Waals surface area contributed by atoms with Crippen LogP contribution in [0.5, 0.6) is 5.88 Å². The Hall–Kier alpha value is -1.15. The summed E-state index contributed by atoms with van der Waals surface area (Å²) >= 11 is 0. The molecule has 0 aliphatic carbocycles. The smallest absolute Gasteiger partial charge is 0.478 e. The molecule has 1 aromatic rings. The minimum absolute atomic E-state index is 0.515. The van der Waals surface area contributed by atoms with Gasteiger partial charge in [-0.05, 0) is 54.3 Å². The van der Waals surface area contributed by atoms with Crippen LogP contribution in [0.3, 0.4) is 0 Å². The van der Waals surface area contributed by atoms with Crippen molar-refractivity contribution in [3.63, 3.8) is 0 Å². The lowest BCUT2D eigenvalue weighted by Gasteiger charge is -2.38. The molecule has 0 fully saturated rings. The first kappa shape index (κ1) is 19.9. The number of rotatable bonds is 9. The van der Waals surface area contributed by atoms with Crippen LogP contribution in [0.25, 0.3) is 0 Å². The van der Waals surface area contributed by atoms with E-state index in [2.05, 4.69) is 9.88 Å². The molecule has 0 saturated heterocycles. The molecule has 0 aliphatic heterocycles. The highest BCUT2D eigenvalue weighted by Gasteiger charge is 2.39. The first-order valence-corrected chi connectivity index (χ1v) is 7.84. The molecule has 0 spiro atoms. The Morgan fingerprint density at radius 1 is 1.22 bits per heavy atom. The third kappa shape index (κ3) is 6.47. The zero-order chi connectivity index (χ0) is 17.7. The molecular formula is C16H29BN2O4. The van der Waals surface area contributed by atoms with Crippen molar-refractivity contribution in [3.05, 3.63) is 18.3 Å². The summed E-state index contributed by atoms with van der Waals surface area (Å²) in [5, 5.41) is 20.2. The maximum atomic E-state index is 10.2. The van der Waals surface area contributed by atoms with Gasteiger partial charge in [-0.3, -0.25) is 0 Å². The van der Waals surface area contributed by atoms with Gasteiger partial charge >= 0.3 is 7.12 Å². The minimum Gasteiger partial charge on any atom is -0.478 e. The van der Waals surface area contributed by atoms with Crippen LogP contribution in [0.4, 0.5) is 0 Å². The molecule has 0 radical (unpaired) electrons. The van der Waals surface area contributed by atoms with Crippen molar-refractivity contribution in [2.45, 2.75) is 45.3 Å². The Balaban J connectivity index is 2.56. The second-order valence-electron chi connectivity index (χ2n) is 6.97. The predicted molar refractivity (Wildman–Crippen MR) is 92.0 cm³/mol. The lowest BCUT2D eigenvalue weighted by atomic mass is 9.77. The zero-order valence-corrected chi connectivity index (χ0v) is 15.0. The van der Waals surface area contributed by atoms with E-state index in [1.54, 1.807) is 39.8 Å². The molecule has 1 aromatic heterocycles. The lowest BCUT2D eigenvalue weighted by Crippen LogP contribution is -2.53. The molecule has 0 atom stereocenters. The van der Waals surface area contributed by atoms with E-state index >= 15 is 0 Å². The fraction of sp³-hybridized carbons (Fsp3) is 0.688. The normalized spacial score (nSPS) is 12.6. The van der Waals surface area contributed by atoms with Gasteiger partial charge in [0.05, 0.1) is 17.8 Å². The summed E-state index contributed by atoms with van der Waals surface area (Å²) in [6, 6.07) is 3.41. The van der Waals surface area contributed by atoms with E-state index < -0.39 is 18.3 Å². The summed E-state index contributed by atoms with van der Waals surface area (Å²) in [6.45, 7) is 8.29. The van der Waals surface area contributed by atoms with Crippen molar-refractivity contribution in [3.8, 4) is 5.88 Å². The fourth-order valence-electron chi connectivity index (χ4n) is 1.67. The minimum atomic E-state index is -1.16. The van der Waals surface area contributed by atoms with Crippen LogP contribution in [-0.2, 0) is 4.65 Å². The van der Waals surface area contributed by atoms with E-state index in [4.69, 9.17) is 9.39 Å². The van der Waals surface area contributed by atoms with E-state index in [0.29, 0.717) is 17.9 Å². The van der Waals surface area contributed by atoms with E-state index in [1.807, 2.05) is 14.1 Å². The van der Waals surface area contributed by atoms with Crippen molar-refractivity contribution in [2.75, 3.05) is 27.2 Å². The van der Waals surface area contributed by atoms with Crippen molar-refractivity contribution < 1.29 is 19.5 Å². The van der Waals surface area contributed by atoms with Crippen molar-refractivity contribution in [1.82, 2.24) is 9.88 Å². The SMILES string of the molecule is CN(C)CCCOc1ccc(B(O)OC(C)(C)C(C)(C)O)cn1. The Morgan fingerprint density at radius 2 is 1.87 bits per heavy atom. The lowest BCUT2D eigenvalue weighted by molar-refractivity contribution is -0.0982. The molecule has 1 heterocycles. The monoisotopic (exact) mass is 324 g/mol. The maximum Gasteiger partial charge on any atom is 0.493 e. The molecule has 0 aliphatic rings. The predicted octanol–water partition coefficient (Wildman–Crippen LogP) is 0.666. The van der Waals surface area contributed by atoms with Crippen LogP contribution in [0.15, 0.2) is 18.3 Å². The van der Waals surface area contributed by atoms with Gasteiger partial charge < -0.3 is 24.4 Å². The van der Waals surface area contributed by atoms with Crippen LogP contribution in [0, 0.1) is 0 Å². The van der Waals surface area contributed by atoms with Gasteiger partial charge in [-0.1, -0.05) is 6.07 Å². The standard InChI is InChI=1S/C16H29BN2O4/c1-15(2,20)16(3,4)23-17(21)13-8-9-14(18-12-13)22-11-7-10-19(5)6/h8-9,12,20-21H,7,10-11H2,1-6H3. The number of ether oxygens (including phenoxy) is 1. The van der Waals surface area contributed by atoms with Crippen LogP contribution >= 0.6 is 0 Å². The number of hydrogen-bond donors (Lipinski definition) is 2. The van der Waals surface area contributed by atoms with E-state index in [-0.39, 0.29) is 0 Å². The zero-order valence-electron chi connectivity index (χ0n) is 15.0. The number of aliphatic hydroxyl groups is 1. The maximum absolute atomic E-state index is 10.2. The van der Waals surface area contributed by atoms with Gasteiger partial charge in [0.1, 0.15) is 0 Å². The quantitative estimate of drug-likeness (QED) is 0.514. The summed E-state index contributed by atoms with van der Waals surface area (Å²) < 4.78 is 11.1. The first-order valence-electron chi connectivity index (χ1n) is 7.84. The largest absolute Gasteiger partial charge is 0.493 e. The summed E-state index contributed by atoms with van der Waals surface area (Å²) in [4.78, 5) is 6.27. The molecular weight excluding hydrogens is 295 g/mol. The highest BCUT2D eigenvalue weighted by atomic mass is 16.5. The first-order chi connectivity index (χ1) is 10.5. The van der Waals surface area contributed by atoms with E-state index in [1.165, 1.54) is 6.20 Å². The summed E-state index contributed by atoms with van der Waals surface area (Å²) in [6.07, 6.45) is 2.44. The number of pyridine rings is 1. The van der Waals surface area contributed by atoms with Gasteiger partial charge in [0.2, 0.25) is 5.88 Å². The Bertz CT molecular complexity index is 472. The molecule has 23 heavy (non-hydrogen) atoms. The third-order valence-corrected chi connectivity index (χ3v) is 3.92. The van der Waals surface area contributed by atoms with Crippen LogP contribution in [0.2, 0.25) is 0 Å². The van der Waals surface area contributed by atoms with Crippen LogP contribution < -0.4 is 10.2 Å². The molecule has 0 saturated carbocycles. The number of nitrogens with zero attached hydrogens (tertiary/aromatic N) is 2. The van der Waals surface area contributed by atoms with Crippen molar-refractivity contribution in [2.24, 2.45) is 0 Å². The van der Waals surface area contributed by atoms with Gasteiger partial charge in [0, 0.05) is 18.2 Å². The Kier molecular flexibility index (Phi) is 7.01. The fourth-order valence-corrected chi connectivity index (χ4v) is 1.67. The molecule has 1 rings (SSSR count). The van der Waals surface area contributed by atoms with Gasteiger partial charge in [-0.15, -0.1) is 0 Å². The van der Waals surface area contributed by atoms with E-state index in [0.717, 1.165) is 13.0 Å². The van der Waals surface area contributed by atoms with Crippen LogP contribution in [0.1, 0.15) is 34.1 Å². The molecule has 130 valence electrons. The van der Waals surface area contributed by atoms with Crippen LogP contribution in [-0.4, -0.2) is 65.6 Å². The van der Waals surface area contributed by atoms with Gasteiger partial charge in [-0.25, -0.2) is 4.98 Å². The van der Waals surface area contributed by atoms with E-state index in [9.17, 15) is 10.1 Å². The van der Waals surface area contributed by atoms with Gasteiger partial charge in [-0.2, -0.15) is 0 Å². The Morgan fingerprint density at radius 3 is 2.35 bits per heavy atom. The Labute approximate surface area is 139 Å². The average molecular weight is 324 g/mol. The van der Waals surface area contributed by atoms with Crippen molar-refractivity contribution >= 4 is 12.6 Å². The summed E-state index contributed by atoms with van der Waals surface area (Å²) in [5.74, 6) is 0.515. The van der Waals surface area contributed by atoms with Crippen molar-refractivity contribution in [1.29, 1.82) is 0 Å². The summed E-state index contributed by atoms with van der Waals surface area (Å²) in [7, 11) is 2.87. The highest BCUT2D eigenvalue weighted by molar-refractivity contribution is 6.60.